The molecule has 0 fully saturated rings. The Balaban J connectivity index is 1.75. The highest BCUT2D eigenvalue weighted by Gasteiger charge is 2.15. The van der Waals surface area contributed by atoms with Gasteiger partial charge in [-0.1, -0.05) is 69.5 Å². The van der Waals surface area contributed by atoms with Crippen LogP contribution in [0.25, 0.3) is 0 Å². The molecule has 0 aliphatic heterocycles. The number of benzene rings is 3. The Labute approximate surface area is 183 Å². The summed E-state index contributed by atoms with van der Waals surface area (Å²) >= 11 is 15.8. The molecule has 6 heteroatoms. The Bertz CT molecular complexity index is 932. The van der Waals surface area contributed by atoms with Crippen molar-refractivity contribution in [2.75, 3.05) is 7.11 Å². The van der Waals surface area contributed by atoms with Crippen LogP contribution in [-0.4, -0.2) is 7.11 Å². The summed E-state index contributed by atoms with van der Waals surface area (Å²) in [5.74, 6) is 1.39. The van der Waals surface area contributed by atoms with Gasteiger partial charge in [0, 0.05) is 33.2 Å². The summed E-state index contributed by atoms with van der Waals surface area (Å²) < 4.78 is 12.6. The van der Waals surface area contributed by atoms with Crippen molar-refractivity contribution in [2.24, 2.45) is 0 Å². The molecule has 3 aromatic rings. The third-order valence-electron chi connectivity index (χ3n) is 4.26. The van der Waals surface area contributed by atoms with Gasteiger partial charge >= 0.3 is 0 Å². The Kier molecular flexibility index (Phi) is 7.63. The molecule has 3 nitrogen and oxygen atoms in total. The van der Waals surface area contributed by atoms with E-state index in [0.29, 0.717) is 36.2 Å². The van der Waals surface area contributed by atoms with Crippen molar-refractivity contribution in [2.45, 2.75) is 19.7 Å². The molecule has 0 heterocycles. The first kappa shape index (κ1) is 21.0. The van der Waals surface area contributed by atoms with Crippen LogP contribution in [0, 0.1) is 0 Å². The highest BCUT2D eigenvalue weighted by atomic mass is 79.9. The second-order valence-electron chi connectivity index (χ2n) is 6.17. The zero-order valence-electron chi connectivity index (χ0n) is 15.3. The van der Waals surface area contributed by atoms with Crippen LogP contribution in [0.4, 0.5) is 0 Å². The highest BCUT2D eigenvalue weighted by Crippen LogP contribution is 2.37. The van der Waals surface area contributed by atoms with Crippen LogP contribution < -0.4 is 14.8 Å². The molecule has 3 rings (SSSR count). The molecular formula is C22H20BrCl2NO2. The first-order valence-corrected chi connectivity index (χ1v) is 10.3. The number of methoxy groups -OCH3 is 1. The maximum atomic E-state index is 6.24. The molecule has 146 valence electrons. The summed E-state index contributed by atoms with van der Waals surface area (Å²) in [4.78, 5) is 0. The first-order valence-electron chi connectivity index (χ1n) is 8.75. The van der Waals surface area contributed by atoms with E-state index in [0.717, 1.165) is 26.2 Å². The Morgan fingerprint density at radius 2 is 1.68 bits per heavy atom. The standard InChI is InChI=1S/C22H20BrCl2NO2/c1-27-21-11-10-19(23)18(13-26-12-16-4-2-3-5-20(16)25)22(21)28-14-15-6-8-17(24)9-7-15/h2-11,26H,12-14H2,1H3. The lowest BCUT2D eigenvalue weighted by Crippen LogP contribution is -2.15. The summed E-state index contributed by atoms with van der Waals surface area (Å²) in [5.41, 5.74) is 3.06. The third-order valence-corrected chi connectivity index (χ3v) is 5.62. The zero-order valence-corrected chi connectivity index (χ0v) is 18.4. The lowest BCUT2D eigenvalue weighted by molar-refractivity contribution is 0.280. The molecule has 0 bridgehead atoms. The maximum absolute atomic E-state index is 6.24. The quantitative estimate of drug-likeness (QED) is 0.392. The van der Waals surface area contributed by atoms with Gasteiger partial charge in [-0.2, -0.15) is 0 Å². The molecule has 0 radical (unpaired) electrons. The summed E-state index contributed by atoms with van der Waals surface area (Å²) in [6, 6.07) is 19.2. The van der Waals surface area contributed by atoms with Gasteiger partial charge in [-0.15, -0.1) is 0 Å². The number of halogens is 3. The molecule has 0 amide bonds. The normalized spacial score (nSPS) is 10.7. The molecular weight excluding hydrogens is 461 g/mol. The van der Waals surface area contributed by atoms with E-state index in [4.69, 9.17) is 32.7 Å². The van der Waals surface area contributed by atoms with Crippen molar-refractivity contribution < 1.29 is 9.47 Å². The minimum Gasteiger partial charge on any atom is -0.493 e. The average Bonchev–Trinajstić information content (AvgIpc) is 2.70. The van der Waals surface area contributed by atoms with E-state index >= 15 is 0 Å². The van der Waals surface area contributed by atoms with E-state index in [9.17, 15) is 0 Å². The van der Waals surface area contributed by atoms with Crippen LogP contribution in [0.2, 0.25) is 10.0 Å². The number of hydrogen-bond donors (Lipinski definition) is 1. The van der Waals surface area contributed by atoms with Crippen LogP contribution >= 0.6 is 39.1 Å². The molecule has 0 saturated heterocycles. The first-order chi connectivity index (χ1) is 13.6. The van der Waals surface area contributed by atoms with E-state index in [1.54, 1.807) is 7.11 Å². The summed E-state index contributed by atoms with van der Waals surface area (Å²) in [6.45, 7) is 1.67. The monoisotopic (exact) mass is 479 g/mol. The van der Waals surface area contributed by atoms with E-state index in [1.165, 1.54) is 0 Å². The topological polar surface area (TPSA) is 30.5 Å². The molecule has 0 unspecified atom stereocenters. The molecule has 0 aliphatic rings. The second-order valence-corrected chi connectivity index (χ2v) is 7.87. The smallest absolute Gasteiger partial charge is 0.167 e. The lowest BCUT2D eigenvalue weighted by Gasteiger charge is -2.17. The summed E-state index contributed by atoms with van der Waals surface area (Å²) in [5, 5.41) is 4.88. The maximum Gasteiger partial charge on any atom is 0.167 e. The fourth-order valence-electron chi connectivity index (χ4n) is 2.77. The highest BCUT2D eigenvalue weighted by molar-refractivity contribution is 9.10. The minimum absolute atomic E-state index is 0.418. The predicted octanol–water partition coefficient (Wildman–Crippen LogP) is 6.63. The van der Waals surface area contributed by atoms with E-state index in [2.05, 4.69) is 21.2 Å². The fourth-order valence-corrected chi connectivity index (χ4v) is 3.55. The fraction of sp³-hybridized carbons (Fsp3) is 0.182. The van der Waals surface area contributed by atoms with E-state index in [-0.39, 0.29) is 0 Å². The van der Waals surface area contributed by atoms with Gasteiger partial charge in [-0.25, -0.2) is 0 Å². The molecule has 3 aromatic carbocycles. The molecule has 0 spiro atoms. The van der Waals surface area contributed by atoms with E-state index < -0.39 is 0 Å². The van der Waals surface area contributed by atoms with Gasteiger partial charge in [0.1, 0.15) is 6.61 Å². The van der Waals surface area contributed by atoms with Gasteiger partial charge in [-0.3, -0.25) is 0 Å². The number of nitrogens with one attached hydrogen (secondary N) is 1. The Morgan fingerprint density at radius 1 is 0.929 bits per heavy atom. The summed E-state index contributed by atoms with van der Waals surface area (Å²) in [7, 11) is 1.64. The Hall–Kier alpha value is -1.72. The van der Waals surface area contributed by atoms with Crippen molar-refractivity contribution in [3.05, 3.63) is 91.9 Å². The SMILES string of the molecule is COc1ccc(Br)c(CNCc2ccccc2Cl)c1OCc1ccc(Cl)cc1. The van der Waals surface area contributed by atoms with Gasteiger partial charge in [0.05, 0.1) is 7.11 Å². The number of ether oxygens (including phenoxy) is 2. The average molecular weight is 481 g/mol. The molecule has 1 N–H and O–H groups in total. The van der Waals surface area contributed by atoms with Crippen LogP contribution in [0.15, 0.2) is 65.1 Å². The number of rotatable bonds is 8. The van der Waals surface area contributed by atoms with Gasteiger partial charge in [-0.05, 0) is 41.5 Å². The van der Waals surface area contributed by atoms with Crippen molar-refractivity contribution >= 4 is 39.1 Å². The van der Waals surface area contributed by atoms with Crippen LogP contribution in [-0.2, 0) is 19.7 Å². The molecule has 0 saturated carbocycles. The van der Waals surface area contributed by atoms with Gasteiger partial charge in [0.25, 0.3) is 0 Å². The predicted molar refractivity (Wildman–Crippen MR) is 118 cm³/mol. The largest absolute Gasteiger partial charge is 0.493 e. The summed E-state index contributed by atoms with van der Waals surface area (Å²) in [6.07, 6.45) is 0. The van der Waals surface area contributed by atoms with Gasteiger partial charge in [0.2, 0.25) is 0 Å². The number of hydrogen-bond acceptors (Lipinski definition) is 3. The van der Waals surface area contributed by atoms with E-state index in [1.807, 2.05) is 60.7 Å². The van der Waals surface area contributed by atoms with Crippen molar-refractivity contribution in [3.63, 3.8) is 0 Å². The molecule has 0 atom stereocenters. The van der Waals surface area contributed by atoms with Gasteiger partial charge < -0.3 is 14.8 Å². The Morgan fingerprint density at radius 3 is 2.39 bits per heavy atom. The van der Waals surface area contributed by atoms with Crippen LogP contribution in [0.3, 0.4) is 0 Å². The molecule has 28 heavy (non-hydrogen) atoms. The molecule has 0 aromatic heterocycles. The van der Waals surface area contributed by atoms with Crippen LogP contribution in [0.5, 0.6) is 11.5 Å². The zero-order chi connectivity index (χ0) is 19.9. The minimum atomic E-state index is 0.418. The van der Waals surface area contributed by atoms with Crippen molar-refractivity contribution in [1.29, 1.82) is 0 Å². The van der Waals surface area contributed by atoms with Gasteiger partial charge in [0.15, 0.2) is 11.5 Å². The van der Waals surface area contributed by atoms with Crippen LogP contribution in [0.1, 0.15) is 16.7 Å². The second kappa shape index (κ2) is 10.2. The van der Waals surface area contributed by atoms with Crippen molar-refractivity contribution in [3.8, 4) is 11.5 Å². The molecule has 0 aliphatic carbocycles. The lowest BCUT2D eigenvalue weighted by atomic mass is 10.1. The third kappa shape index (κ3) is 5.42. The van der Waals surface area contributed by atoms with Crippen molar-refractivity contribution in [1.82, 2.24) is 5.32 Å².